The van der Waals surface area contributed by atoms with Crippen molar-refractivity contribution in [1.29, 1.82) is 0 Å². The Hall–Kier alpha value is -0.440. The molecule has 1 saturated carbocycles. The van der Waals surface area contributed by atoms with E-state index in [2.05, 4.69) is 34.4 Å². The maximum Gasteiger partial charge on any atom is 0.0946 e. The van der Waals surface area contributed by atoms with E-state index in [-0.39, 0.29) is 0 Å². The van der Waals surface area contributed by atoms with E-state index in [0.717, 1.165) is 17.7 Å². The third kappa shape index (κ3) is 9.17. The number of rotatable bonds is 13. The van der Waals surface area contributed by atoms with Gasteiger partial charge in [0.15, 0.2) is 0 Å². The minimum atomic E-state index is 0.789. The third-order valence-corrected chi connectivity index (χ3v) is 7.19. The summed E-state index contributed by atoms with van der Waals surface area (Å²) in [5.74, 6) is 2.27. The largest absolute Gasteiger partial charge is 0.336 e. The first kappa shape index (κ1) is 20.9. The van der Waals surface area contributed by atoms with Crippen LogP contribution >= 0.6 is 11.8 Å². The highest BCUT2D eigenvalue weighted by Crippen LogP contribution is 2.33. The summed E-state index contributed by atoms with van der Waals surface area (Å²) in [5.41, 5.74) is 0. The molecule has 1 heterocycles. The first-order valence-corrected chi connectivity index (χ1v) is 12.0. The Labute approximate surface area is 160 Å². The van der Waals surface area contributed by atoms with Crippen molar-refractivity contribution < 1.29 is 0 Å². The van der Waals surface area contributed by atoms with Gasteiger partial charge in [0.25, 0.3) is 0 Å². The standard InChI is InChI=1S/C22H40N2S/c1-2-3-4-5-6-7-10-13-18-25-22(19-24-17-16-23-20-24)21-14-11-8-9-12-15-21/h16-17,20-22H,2-15,18-19H2,1H3. The van der Waals surface area contributed by atoms with Gasteiger partial charge in [-0.15, -0.1) is 0 Å². The highest BCUT2D eigenvalue weighted by Gasteiger charge is 2.23. The Balaban J connectivity index is 1.65. The highest BCUT2D eigenvalue weighted by atomic mass is 32.2. The summed E-state index contributed by atoms with van der Waals surface area (Å²) >= 11 is 2.26. The van der Waals surface area contributed by atoms with Crippen LogP contribution in [0.15, 0.2) is 18.7 Å². The molecule has 0 aromatic carbocycles. The summed E-state index contributed by atoms with van der Waals surface area (Å²) in [6, 6.07) is 0. The molecule has 1 aromatic heterocycles. The summed E-state index contributed by atoms with van der Waals surface area (Å²) < 4.78 is 2.30. The molecular formula is C22H40N2S. The lowest BCUT2D eigenvalue weighted by molar-refractivity contribution is 0.412. The Morgan fingerprint density at radius 2 is 1.64 bits per heavy atom. The zero-order chi connectivity index (χ0) is 17.6. The van der Waals surface area contributed by atoms with Crippen molar-refractivity contribution in [2.45, 2.75) is 109 Å². The van der Waals surface area contributed by atoms with Crippen molar-refractivity contribution in [2.75, 3.05) is 5.75 Å². The van der Waals surface area contributed by atoms with Gasteiger partial charge < -0.3 is 4.57 Å². The number of aromatic nitrogens is 2. The molecule has 0 aliphatic heterocycles. The van der Waals surface area contributed by atoms with Crippen molar-refractivity contribution in [3.05, 3.63) is 18.7 Å². The monoisotopic (exact) mass is 364 g/mol. The SMILES string of the molecule is CCCCCCCCCCSC(Cn1ccnc1)C1CCCCCC1. The molecule has 144 valence electrons. The molecule has 1 fully saturated rings. The molecule has 1 aromatic rings. The number of nitrogens with zero attached hydrogens (tertiary/aromatic N) is 2. The normalized spacial score (nSPS) is 17.5. The fourth-order valence-corrected chi connectivity index (χ4v) is 5.59. The molecule has 1 aliphatic carbocycles. The zero-order valence-corrected chi connectivity index (χ0v) is 17.3. The first-order valence-electron chi connectivity index (χ1n) is 11.0. The van der Waals surface area contributed by atoms with Crippen molar-refractivity contribution in [3.8, 4) is 0 Å². The Bertz CT molecular complexity index is 396. The van der Waals surface area contributed by atoms with Gasteiger partial charge in [0.05, 0.1) is 6.33 Å². The zero-order valence-electron chi connectivity index (χ0n) is 16.5. The molecule has 0 amide bonds. The smallest absolute Gasteiger partial charge is 0.0946 e. The molecule has 0 bridgehead atoms. The van der Waals surface area contributed by atoms with Gasteiger partial charge in [-0.25, -0.2) is 4.98 Å². The van der Waals surface area contributed by atoms with E-state index >= 15 is 0 Å². The van der Waals surface area contributed by atoms with Gasteiger partial charge in [0.1, 0.15) is 0 Å². The summed E-state index contributed by atoms with van der Waals surface area (Å²) in [7, 11) is 0. The van der Waals surface area contributed by atoms with E-state index in [9.17, 15) is 0 Å². The van der Waals surface area contributed by atoms with E-state index in [1.165, 1.54) is 95.6 Å². The highest BCUT2D eigenvalue weighted by molar-refractivity contribution is 7.99. The molecule has 3 heteroatoms. The number of hydrogen-bond acceptors (Lipinski definition) is 2. The predicted molar refractivity (Wildman–Crippen MR) is 112 cm³/mol. The molecular weight excluding hydrogens is 324 g/mol. The minimum absolute atomic E-state index is 0.789. The summed E-state index contributed by atoms with van der Waals surface area (Å²) in [5, 5.41) is 0.789. The average molecular weight is 365 g/mol. The number of unbranched alkanes of at least 4 members (excludes halogenated alkanes) is 7. The van der Waals surface area contributed by atoms with Crippen LogP contribution in [0.25, 0.3) is 0 Å². The lowest BCUT2D eigenvalue weighted by atomic mass is 9.96. The van der Waals surface area contributed by atoms with E-state index in [0.29, 0.717) is 0 Å². The lowest BCUT2D eigenvalue weighted by Gasteiger charge is -2.26. The van der Waals surface area contributed by atoms with E-state index in [1.54, 1.807) is 0 Å². The number of hydrogen-bond donors (Lipinski definition) is 0. The molecule has 1 atom stereocenters. The summed E-state index contributed by atoms with van der Waals surface area (Å²) in [6.07, 6.45) is 26.2. The quantitative estimate of drug-likeness (QED) is 0.274. The Kier molecular flexibility index (Phi) is 11.5. The second-order valence-corrected chi connectivity index (χ2v) is 9.24. The van der Waals surface area contributed by atoms with E-state index in [1.807, 2.05) is 12.5 Å². The second kappa shape index (κ2) is 13.7. The van der Waals surface area contributed by atoms with Crippen LogP contribution < -0.4 is 0 Å². The van der Waals surface area contributed by atoms with Gasteiger partial charge >= 0.3 is 0 Å². The first-order chi connectivity index (χ1) is 12.4. The van der Waals surface area contributed by atoms with Crippen LogP contribution in [0, 0.1) is 5.92 Å². The van der Waals surface area contributed by atoms with Crippen LogP contribution in [0.5, 0.6) is 0 Å². The summed E-state index contributed by atoms with van der Waals surface area (Å²) in [6.45, 7) is 3.46. The van der Waals surface area contributed by atoms with Gasteiger partial charge in [-0.05, 0) is 30.9 Å². The number of imidazole rings is 1. The Morgan fingerprint density at radius 3 is 2.28 bits per heavy atom. The fourth-order valence-electron chi connectivity index (χ4n) is 4.09. The predicted octanol–water partition coefficient (Wildman–Crippen LogP) is 7.10. The molecule has 0 spiro atoms. The van der Waals surface area contributed by atoms with Crippen LogP contribution in [0.2, 0.25) is 0 Å². The van der Waals surface area contributed by atoms with Crippen LogP contribution in [0.1, 0.15) is 96.8 Å². The molecule has 1 unspecified atom stereocenters. The molecule has 2 rings (SSSR count). The van der Waals surface area contributed by atoms with Crippen molar-refractivity contribution in [1.82, 2.24) is 9.55 Å². The minimum Gasteiger partial charge on any atom is -0.336 e. The van der Waals surface area contributed by atoms with Crippen molar-refractivity contribution >= 4 is 11.8 Å². The van der Waals surface area contributed by atoms with E-state index < -0.39 is 0 Å². The molecule has 0 radical (unpaired) electrons. The van der Waals surface area contributed by atoms with Gasteiger partial charge in [-0.3, -0.25) is 0 Å². The summed E-state index contributed by atoms with van der Waals surface area (Å²) in [4.78, 5) is 4.24. The van der Waals surface area contributed by atoms with Crippen LogP contribution in [-0.2, 0) is 6.54 Å². The van der Waals surface area contributed by atoms with Gasteiger partial charge in [0.2, 0.25) is 0 Å². The fraction of sp³-hybridized carbons (Fsp3) is 0.864. The van der Waals surface area contributed by atoms with Gasteiger partial charge in [-0.2, -0.15) is 11.8 Å². The van der Waals surface area contributed by atoms with Crippen molar-refractivity contribution in [2.24, 2.45) is 5.92 Å². The lowest BCUT2D eigenvalue weighted by Crippen LogP contribution is -2.23. The van der Waals surface area contributed by atoms with Crippen LogP contribution in [0.4, 0.5) is 0 Å². The molecule has 0 N–H and O–H groups in total. The third-order valence-electron chi connectivity index (χ3n) is 5.71. The van der Waals surface area contributed by atoms with Crippen LogP contribution in [-0.4, -0.2) is 20.6 Å². The molecule has 2 nitrogen and oxygen atoms in total. The topological polar surface area (TPSA) is 17.8 Å². The second-order valence-electron chi connectivity index (χ2n) is 7.90. The Morgan fingerprint density at radius 1 is 0.960 bits per heavy atom. The average Bonchev–Trinajstić information content (AvgIpc) is 2.99. The maximum atomic E-state index is 4.24. The van der Waals surface area contributed by atoms with Gasteiger partial charge in [0, 0.05) is 24.2 Å². The van der Waals surface area contributed by atoms with E-state index in [4.69, 9.17) is 0 Å². The maximum absolute atomic E-state index is 4.24. The van der Waals surface area contributed by atoms with Crippen LogP contribution in [0.3, 0.4) is 0 Å². The molecule has 1 aliphatic rings. The van der Waals surface area contributed by atoms with Gasteiger partial charge in [-0.1, -0.05) is 77.6 Å². The molecule has 0 saturated heterocycles. The number of thioether (sulfide) groups is 1. The van der Waals surface area contributed by atoms with Crippen molar-refractivity contribution in [3.63, 3.8) is 0 Å². The molecule has 25 heavy (non-hydrogen) atoms.